The van der Waals surface area contributed by atoms with Gasteiger partial charge in [-0.05, 0) is 18.2 Å². The van der Waals surface area contributed by atoms with E-state index in [1.165, 1.54) is 11.3 Å². The number of amides is 1. The van der Waals surface area contributed by atoms with Crippen molar-refractivity contribution in [3.63, 3.8) is 0 Å². The minimum absolute atomic E-state index is 0.136. The van der Waals surface area contributed by atoms with Crippen molar-refractivity contribution in [3.05, 3.63) is 76.7 Å². The average Bonchev–Trinajstić information content (AvgIpc) is 3.21. The van der Waals surface area contributed by atoms with Crippen LogP contribution < -0.4 is 5.32 Å². The Morgan fingerprint density at radius 2 is 2.00 bits per heavy atom. The topological polar surface area (TPSA) is 72.0 Å². The lowest BCUT2D eigenvalue weighted by molar-refractivity contribution is -0.115. The van der Waals surface area contributed by atoms with Crippen LogP contribution in [-0.4, -0.2) is 22.2 Å². The van der Waals surface area contributed by atoms with Crippen molar-refractivity contribution in [2.24, 2.45) is 0 Å². The van der Waals surface area contributed by atoms with E-state index in [1.807, 2.05) is 47.8 Å². The molecule has 132 valence electrons. The number of fused-ring (bicyclic) bond motifs is 1. The Kier molecular flexibility index (Phi) is 4.72. The molecule has 0 aliphatic rings. The second kappa shape index (κ2) is 7.47. The molecule has 1 N–H and O–H groups in total. The molecule has 4 rings (SSSR count). The second-order valence-corrected chi connectivity index (χ2v) is 6.74. The maximum Gasteiger partial charge on any atom is 0.230 e. The van der Waals surface area contributed by atoms with E-state index in [0.717, 1.165) is 28.6 Å². The summed E-state index contributed by atoms with van der Waals surface area (Å²) in [5.74, 6) is -0.136. The molecule has 0 unspecified atom stereocenters. The zero-order valence-corrected chi connectivity index (χ0v) is 15.1. The summed E-state index contributed by atoms with van der Waals surface area (Å²) in [5.41, 5.74) is 6.01. The number of aldehydes is 1. The molecule has 5 nitrogen and oxygen atoms in total. The first kappa shape index (κ1) is 17.1. The summed E-state index contributed by atoms with van der Waals surface area (Å²) in [6.07, 6.45) is 1.04. The first-order valence-corrected chi connectivity index (χ1v) is 9.29. The Labute approximate surface area is 159 Å². The van der Waals surface area contributed by atoms with Gasteiger partial charge in [0.05, 0.1) is 34.5 Å². The van der Waals surface area contributed by atoms with Crippen molar-refractivity contribution in [3.8, 4) is 11.3 Å². The second-order valence-electron chi connectivity index (χ2n) is 6.02. The van der Waals surface area contributed by atoms with Crippen molar-refractivity contribution in [2.75, 3.05) is 5.32 Å². The van der Waals surface area contributed by atoms with Crippen LogP contribution in [0.2, 0.25) is 0 Å². The van der Waals surface area contributed by atoms with Crippen molar-refractivity contribution < 1.29 is 9.59 Å². The van der Waals surface area contributed by atoms with Crippen molar-refractivity contribution in [1.82, 2.24) is 9.97 Å². The Balaban J connectivity index is 1.68. The van der Waals surface area contributed by atoms with Gasteiger partial charge < -0.3 is 5.32 Å². The lowest BCUT2D eigenvalue weighted by Gasteiger charge is -2.10. The zero-order valence-electron chi connectivity index (χ0n) is 14.3. The lowest BCUT2D eigenvalue weighted by atomic mass is 10.1. The van der Waals surface area contributed by atoms with E-state index in [2.05, 4.69) is 10.3 Å². The highest BCUT2D eigenvalue weighted by Crippen LogP contribution is 2.26. The molecule has 27 heavy (non-hydrogen) atoms. The molecule has 0 spiro atoms. The van der Waals surface area contributed by atoms with Gasteiger partial charge in [0.2, 0.25) is 5.91 Å². The van der Waals surface area contributed by atoms with Crippen LogP contribution in [0.1, 0.15) is 16.1 Å². The Hall–Kier alpha value is -3.38. The number of pyridine rings is 1. The van der Waals surface area contributed by atoms with E-state index in [-0.39, 0.29) is 12.3 Å². The number of rotatable bonds is 5. The molecule has 1 amide bonds. The number of thiazole rings is 1. The van der Waals surface area contributed by atoms with Crippen molar-refractivity contribution >= 4 is 40.1 Å². The van der Waals surface area contributed by atoms with Crippen LogP contribution in [0.5, 0.6) is 0 Å². The first-order chi connectivity index (χ1) is 13.2. The van der Waals surface area contributed by atoms with E-state index in [9.17, 15) is 9.59 Å². The predicted octanol–water partition coefficient (Wildman–Crippen LogP) is 4.35. The van der Waals surface area contributed by atoms with Gasteiger partial charge >= 0.3 is 0 Å². The first-order valence-electron chi connectivity index (χ1n) is 8.35. The maximum absolute atomic E-state index is 12.3. The molecule has 0 bridgehead atoms. The molecule has 2 aromatic heterocycles. The third-order valence-corrected chi connectivity index (χ3v) is 4.77. The highest BCUT2D eigenvalue weighted by Gasteiger charge is 2.10. The molecule has 6 heteroatoms. The summed E-state index contributed by atoms with van der Waals surface area (Å²) >= 11 is 1.46. The third-order valence-electron chi connectivity index (χ3n) is 4.14. The minimum Gasteiger partial charge on any atom is -0.324 e. The molecule has 4 aromatic rings. The lowest BCUT2D eigenvalue weighted by Crippen LogP contribution is -2.15. The van der Waals surface area contributed by atoms with Crippen LogP contribution in [0.15, 0.2) is 65.5 Å². The highest BCUT2D eigenvalue weighted by atomic mass is 32.1. The molecule has 0 radical (unpaired) electrons. The molecule has 2 aromatic carbocycles. The monoisotopic (exact) mass is 373 g/mol. The Morgan fingerprint density at radius 1 is 1.11 bits per heavy atom. The molecule has 0 saturated heterocycles. The van der Waals surface area contributed by atoms with Gasteiger partial charge in [0.15, 0.2) is 0 Å². The van der Waals surface area contributed by atoms with E-state index < -0.39 is 0 Å². The summed E-state index contributed by atoms with van der Waals surface area (Å²) in [6.45, 7) is 0. The predicted molar refractivity (Wildman–Crippen MR) is 107 cm³/mol. The summed E-state index contributed by atoms with van der Waals surface area (Å²) in [7, 11) is 0. The fourth-order valence-electron chi connectivity index (χ4n) is 2.86. The average molecular weight is 373 g/mol. The summed E-state index contributed by atoms with van der Waals surface area (Å²) in [4.78, 5) is 32.3. The molecule has 0 aliphatic carbocycles. The van der Waals surface area contributed by atoms with Gasteiger partial charge in [-0.3, -0.25) is 9.59 Å². The van der Waals surface area contributed by atoms with Gasteiger partial charge in [-0.15, -0.1) is 11.3 Å². The summed E-state index contributed by atoms with van der Waals surface area (Å²) < 4.78 is 0. The number of para-hydroxylation sites is 1. The quantitative estimate of drug-likeness (QED) is 0.528. The van der Waals surface area contributed by atoms with Gasteiger partial charge in [0.1, 0.15) is 6.29 Å². The number of aromatic nitrogens is 2. The van der Waals surface area contributed by atoms with Crippen LogP contribution >= 0.6 is 11.3 Å². The molecule has 2 heterocycles. The number of nitrogens with one attached hydrogen (secondary N) is 1. The van der Waals surface area contributed by atoms with E-state index >= 15 is 0 Å². The van der Waals surface area contributed by atoms with Gasteiger partial charge in [-0.1, -0.05) is 36.4 Å². The van der Waals surface area contributed by atoms with Gasteiger partial charge in [0, 0.05) is 21.9 Å². The zero-order chi connectivity index (χ0) is 18.6. The number of anilines is 1. The Morgan fingerprint density at radius 3 is 2.81 bits per heavy atom. The van der Waals surface area contributed by atoms with E-state index in [0.29, 0.717) is 16.8 Å². The molecule has 0 atom stereocenters. The van der Waals surface area contributed by atoms with Crippen molar-refractivity contribution in [2.45, 2.75) is 6.42 Å². The number of nitrogens with zero attached hydrogens (tertiary/aromatic N) is 2. The minimum atomic E-state index is -0.136. The van der Waals surface area contributed by atoms with Crippen LogP contribution in [0.25, 0.3) is 22.2 Å². The van der Waals surface area contributed by atoms with Gasteiger partial charge in [0.25, 0.3) is 0 Å². The fourth-order valence-corrected chi connectivity index (χ4v) is 3.42. The molecular weight excluding hydrogens is 358 g/mol. The molecular formula is C21H15N3O2S. The van der Waals surface area contributed by atoms with Crippen LogP contribution in [-0.2, 0) is 11.2 Å². The number of carbonyl (C=O) groups is 2. The van der Waals surface area contributed by atoms with E-state index in [4.69, 9.17) is 4.98 Å². The Bertz CT molecular complexity index is 1120. The van der Waals surface area contributed by atoms with Gasteiger partial charge in [-0.25, -0.2) is 9.97 Å². The normalized spacial score (nSPS) is 10.7. The molecule has 0 fully saturated rings. The summed E-state index contributed by atoms with van der Waals surface area (Å²) in [5, 5.41) is 5.72. The third kappa shape index (κ3) is 3.75. The van der Waals surface area contributed by atoms with Crippen LogP contribution in [0.3, 0.4) is 0 Å². The smallest absolute Gasteiger partial charge is 0.230 e. The van der Waals surface area contributed by atoms with E-state index in [1.54, 1.807) is 17.6 Å². The standard InChI is InChI=1S/C21H15N3O2S/c25-11-14-3-1-5-16(9-14)18-8-7-15-4-2-6-19(21(15)24-18)23-20(26)10-17-12-27-13-22-17/h1-9,11-13H,10H2,(H,23,26). The molecule has 0 aliphatic heterocycles. The SMILES string of the molecule is O=Cc1cccc(-c2ccc3cccc(NC(=O)Cc4cscn4)c3n2)c1. The fraction of sp³-hybridized carbons (Fsp3) is 0.0476. The number of benzene rings is 2. The highest BCUT2D eigenvalue weighted by molar-refractivity contribution is 7.07. The number of hydrogen-bond acceptors (Lipinski definition) is 5. The number of carbonyl (C=O) groups excluding carboxylic acids is 2. The van der Waals surface area contributed by atoms with Crippen LogP contribution in [0.4, 0.5) is 5.69 Å². The van der Waals surface area contributed by atoms with Crippen molar-refractivity contribution in [1.29, 1.82) is 0 Å². The van der Waals surface area contributed by atoms with Gasteiger partial charge in [-0.2, -0.15) is 0 Å². The largest absolute Gasteiger partial charge is 0.324 e. The summed E-state index contributed by atoms with van der Waals surface area (Å²) in [6, 6.07) is 16.8. The van der Waals surface area contributed by atoms with Crippen LogP contribution in [0, 0.1) is 0 Å². The number of hydrogen-bond donors (Lipinski definition) is 1. The molecule has 0 saturated carbocycles. The maximum atomic E-state index is 12.3.